The van der Waals surface area contributed by atoms with Gasteiger partial charge in [-0.2, -0.15) is 4.98 Å². The van der Waals surface area contributed by atoms with E-state index in [1.54, 1.807) is 7.05 Å². The molecule has 1 aromatic heterocycles. The molecule has 0 saturated carbocycles. The Bertz CT molecular complexity index is 510. The predicted octanol–water partition coefficient (Wildman–Crippen LogP) is 2.54. The lowest BCUT2D eigenvalue weighted by molar-refractivity contribution is 0.590. The second-order valence-electron chi connectivity index (χ2n) is 3.24. The van der Waals surface area contributed by atoms with Crippen molar-refractivity contribution in [2.45, 2.75) is 0 Å². The van der Waals surface area contributed by atoms with Gasteiger partial charge in [0.25, 0.3) is 0 Å². The minimum Gasteiger partial charge on any atom is -0.357 e. The van der Waals surface area contributed by atoms with E-state index in [1.807, 2.05) is 0 Å². The van der Waals surface area contributed by atoms with E-state index in [0.29, 0.717) is 11.8 Å². The lowest BCUT2D eigenvalue weighted by atomic mass is 10.3. The summed E-state index contributed by atoms with van der Waals surface area (Å²) in [5.74, 6) is -0.663. The Labute approximate surface area is 96.7 Å². The number of nitrogens with zero attached hydrogens (tertiary/aromatic N) is 2. The Morgan fingerprint density at radius 3 is 2.47 bits per heavy atom. The maximum atomic E-state index is 13.4. The molecule has 1 aromatic carbocycles. The highest BCUT2D eigenvalue weighted by atomic mass is 19.1. The van der Waals surface area contributed by atoms with Gasteiger partial charge in [0.2, 0.25) is 5.95 Å². The molecule has 6 heteroatoms. The van der Waals surface area contributed by atoms with Crippen LogP contribution in [0.5, 0.6) is 0 Å². The van der Waals surface area contributed by atoms with Crippen molar-refractivity contribution in [3.63, 3.8) is 0 Å². The highest BCUT2D eigenvalue weighted by Gasteiger charge is 2.09. The molecule has 0 atom stereocenters. The maximum Gasteiger partial charge on any atom is 0.224 e. The van der Waals surface area contributed by atoms with Crippen LogP contribution in [0.15, 0.2) is 30.5 Å². The molecule has 88 valence electrons. The normalized spacial score (nSPS) is 10.1. The first-order valence-electron chi connectivity index (χ1n) is 4.92. The van der Waals surface area contributed by atoms with Gasteiger partial charge in [-0.1, -0.05) is 6.07 Å². The van der Waals surface area contributed by atoms with Gasteiger partial charge in [-0.3, -0.25) is 0 Å². The second-order valence-corrected chi connectivity index (χ2v) is 3.24. The fourth-order valence-electron chi connectivity index (χ4n) is 1.29. The smallest absolute Gasteiger partial charge is 0.224 e. The van der Waals surface area contributed by atoms with Crippen LogP contribution in [0.1, 0.15) is 0 Å². The molecule has 2 aromatic rings. The fraction of sp³-hybridized carbons (Fsp3) is 0.0909. The maximum absolute atomic E-state index is 13.4. The Morgan fingerprint density at radius 2 is 1.82 bits per heavy atom. The van der Waals surface area contributed by atoms with Crippen LogP contribution in [0.3, 0.4) is 0 Å². The molecular weight excluding hydrogens is 226 g/mol. The summed E-state index contributed by atoms with van der Waals surface area (Å²) in [7, 11) is 1.66. The van der Waals surface area contributed by atoms with Crippen molar-refractivity contribution >= 4 is 17.5 Å². The molecule has 0 radical (unpaired) electrons. The number of hydrogen-bond acceptors (Lipinski definition) is 4. The van der Waals surface area contributed by atoms with Crippen molar-refractivity contribution in [2.24, 2.45) is 0 Å². The van der Waals surface area contributed by atoms with E-state index >= 15 is 0 Å². The minimum absolute atomic E-state index is 0.228. The summed E-state index contributed by atoms with van der Waals surface area (Å²) in [5.41, 5.74) is -0.228. The third-order valence-corrected chi connectivity index (χ3v) is 2.10. The van der Waals surface area contributed by atoms with Gasteiger partial charge < -0.3 is 10.6 Å². The summed E-state index contributed by atoms with van der Waals surface area (Å²) in [6.07, 6.45) is 1.49. The molecule has 2 rings (SSSR count). The molecule has 0 spiro atoms. The van der Waals surface area contributed by atoms with Crippen LogP contribution in [0, 0.1) is 11.6 Å². The SMILES string of the molecule is CNc1nccc(Nc2c(F)cccc2F)n1. The highest BCUT2D eigenvalue weighted by molar-refractivity contribution is 5.58. The van der Waals surface area contributed by atoms with E-state index in [-0.39, 0.29) is 5.69 Å². The van der Waals surface area contributed by atoms with Crippen LogP contribution in [-0.2, 0) is 0 Å². The summed E-state index contributed by atoms with van der Waals surface area (Å²) in [4.78, 5) is 7.90. The van der Waals surface area contributed by atoms with Crippen molar-refractivity contribution < 1.29 is 8.78 Å². The number of hydrogen-bond donors (Lipinski definition) is 2. The summed E-state index contributed by atoms with van der Waals surface area (Å²) >= 11 is 0. The van der Waals surface area contributed by atoms with E-state index in [1.165, 1.54) is 30.5 Å². The van der Waals surface area contributed by atoms with Gasteiger partial charge >= 0.3 is 0 Å². The number of para-hydroxylation sites is 1. The van der Waals surface area contributed by atoms with Crippen LogP contribution in [0.4, 0.5) is 26.2 Å². The van der Waals surface area contributed by atoms with Crippen molar-refractivity contribution in [1.29, 1.82) is 0 Å². The molecule has 0 amide bonds. The molecular formula is C11H10F2N4. The summed E-state index contributed by atoms with van der Waals surface area (Å²) in [6.45, 7) is 0. The first kappa shape index (κ1) is 11.3. The standard InChI is InChI=1S/C11H10F2N4/c1-14-11-15-6-5-9(17-11)16-10-7(12)3-2-4-8(10)13/h2-6H,1H3,(H2,14,15,16,17). The summed E-state index contributed by atoms with van der Waals surface area (Å²) in [6, 6.07) is 5.17. The monoisotopic (exact) mass is 236 g/mol. The number of aromatic nitrogens is 2. The lowest BCUT2D eigenvalue weighted by Gasteiger charge is -2.08. The summed E-state index contributed by atoms with van der Waals surface area (Å²) < 4.78 is 26.7. The average Bonchev–Trinajstić information content (AvgIpc) is 2.34. The zero-order chi connectivity index (χ0) is 12.3. The molecule has 2 N–H and O–H groups in total. The number of halogens is 2. The van der Waals surface area contributed by atoms with Crippen LogP contribution in [0.2, 0.25) is 0 Å². The predicted molar refractivity (Wildman–Crippen MR) is 61.2 cm³/mol. The van der Waals surface area contributed by atoms with E-state index < -0.39 is 11.6 Å². The van der Waals surface area contributed by atoms with Gasteiger partial charge in [-0.05, 0) is 18.2 Å². The van der Waals surface area contributed by atoms with Gasteiger partial charge in [-0.25, -0.2) is 13.8 Å². The number of benzene rings is 1. The van der Waals surface area contributed by atoms with Gasteiger partial charge in [-0.15, -0.1) is 0 Å². The van der Waals surface area contributed by atoms with Crippen molar-refractivity contribution in [1.82, 2.24) is 9.97 Å². The molecule has 0 aliphatic carbocycles. The average molecular weight is 236 g/mol. The molecule has 17 heavy (non-hydrogen) atoms. The Hall–Kier alpha value is -2.24. The van der Waals surface area contributed by atoms with Gasteiger partial charge in [0.1, 0.15) is 23.1 Å². The highest BCUT2D eigenvalue weighted by Crippen LogP contribution is 2.22. The van der Waals surface area contributed by atoms with Gasteiger partial charge in [0.15, 0.2) is 0 Å². The molecule has 0 fully saturated rings. The lowest BCUT2D eigenvalue weighted by Crippen LogP contribution is -2.02. The fourth-order valence-corrected chi connectivity index (χ4v) is 1.29. The molecule has 1 heterocycles. The molecule has 0 aliphatic rings. The van der Waals surface area contributed by atoms with E-state index in [9.17, 15) is 8.78 Å². The van der Waals surface area contributed by atoms with Crippen molar-refractivity contribution in [3.05, 3.63) is 42.1 Å². The topological polar surface area (TPSA) is 49.8 Å². The Kier molecular flexibility index (Phi) is 3.13. The van der Waals surface area contributed by atoms with Crippen LogP contribution < -0.4 is 10.6 Å². The first-order valence-corrected chi connectivity index (χ1v) is 4.92. The third kappa shape index (κ3) is 2.47. The third-order valence-electron chi connectivity index (χ3n) is 2.10. The van der Waals surface area contributed by atoms with Crippen LogP contribution in [-0.4, -0.2) is 17.0 Å². The van der Waals surface area contributed by atoms with Gasteiger partial charge in [0.05, 0.1) is 0 Å². The van der Waals surface area contributed by atoms with Crippen molar-refractivity contribution in [2.75, 3.05) is 17.7 Å². The Balaban J connectivity index is 2.31. The van der Waals surface area contributed by atoms with Crippen LogP contribution >= 0.6 is 0 Å². The van der Waals surface area contributed by atoms with E-state index in [2.05, 4.69) is 20.6 Å². The van der Waals surface area contributed by atoms with Crippen LogP contribution in [0.25, 0.3) is 0 Å². The zero-order valence-electron chi connectivity index (χ0n) is 9.04. The molecule has 0 bridgehead atoms. The number of rotatable bonds is 3. The van der Waals surface area contributed by atoms with Gasteiger partial charge in [0, 0.05) is 13.2 Å². The molecule has 0 aliphatic heterocycles. The molecule has 0 unspecified atom stereocenters. The zero-order valence-corrected chi connectivity index (χ0v) is 9.04. The van der Waals surface area contributed by atoms with Crippen molar-refractivity contribution in [3.8, 4) is 0 Å². The minimum atomic E-state index is -0.672. The Morgan fingerprint density at radius 1 is 1.12 bits per heavy atom. The molecule has 0 saturated heterocycles. The van der Waals surface area contributed by atoms with E-state index in [4.69, 9.17) is 0 Å². The molecule has 4 nitrogen and oxygen atoms in total. The second kappa shape index (κ2) is 4.73. The first-order chi connectivity index (χ1) is 8.20. The quantitative estimate of drug-likeness (QED) is 0.859. The number of anilines is 3. The largest absolute Gasteiger partial charge is 0.357 e. The van der Waals surface area contributed by atoms with E-state index in [0.717, 1.165) is 0 Å². The number of nitrogens with one attached hydrogen (secondary N) is 2. The summed E-state index contributed by atoms with van der Waals surface area (Å²) in [5, 5.41) is 5.31.